The van der Waals surface area contributed by atoms with Gasteiger partial charge < -0.3 is 14.7 Å². The molecule has 0 radical (unpaired) electrons. The Morgan fingerprint density at radius 1 is 0.371 bits per heavy atom. The van der Waals surface area contributed by atoms with E-state index in [1.807, 2.05) is 0 Å². The molecule has 0 amide bonds. The molecule has 3 aliphatic carbocycles. The lowest BCUT2D eigenvalue weighted by atomic mass is 9.33. The van der Waals surface area contributed by atoms with Crippen molar-refractivity contribution in [1.29, 1.82) is 0 Å². The van der Waals surface area contributed by atoms with E-state index >= 15 is 0 Å². The Morgan fingerprint density at radius 3 is 1.49 bits per heavy atom. The average molecular weight is 1170 g/mol. The third-order valence-electron chi connectivity index (χ3n) is 23.7. The predicted octanol–water partition coefficient (Wildman–Crippen LogP) is 21.1. The Hall–Kier alpha value is -7.56. The first-order valence-corrected chi connectivity index (χ1v) is 33.6. The van der Waals surface area contributed by atoms with Crippen LogP contribution in [0.25, 0.3) is 22.3 Å². The van der Waals surface area contributed by atoms with Crippen molar-refractivity contribution in [2.45, 2.75) is 200 Å². The highest BCUT2D eigenvalue weighted by molar-refractivity contribution is 7.00. The van der Waals surface area contributed by atoms with Gasteiger partial charge in [0, 0.05) is 61.6 Å². The topological polar surface area (TPSA) is 9.72 Å². The van der Waals surface area contributed by atoms with Crippen molar-refractivity contribution in [3.05, 3.63) is 232 Å². The van der Waals surface area contributed by atoms with Crippen LogP contribution in [0.1, 0.15) is 205 Å². The summed E-state index contributed by atoms with van der Waals surface area (Å²) >= 11 is 0. The highest BCUT2D eigenvalue weighted by Gasteiger charge is 2.59. The molecule has 2 unspecified atom stereocenters. The van der Waals surface area contributed by atoms with Gasteiger partial charge in [-0.15, -0.1) is 0 Å². The SMILES string of the molecule is Cc1cc2c(cc1N1c3ccc(-c4ccccc4)cc3B3c4cc5c(cc4N(c4ccc(C(C)(C)C)cc4-c4ccccc4)c4cc(N6c7ccc(C(C)(C)C)cc7C7(C)CCCCC67C)cc1c43)C(C)(C)c1ccccc1C5(C)C)C(C)(C)CCC2(C)C. The Balaban J connectivity index is 1.13. The molecule has 0 spiro atoms. The molecule has 9 aromatic rings. The molecule has 2 atom stereocenters. The molecule has 4 heteroatoms. The van der Waals surface area contributed by atoms with Crippen LogP contribution >= 0.6 is 0 Å². The van der Waals surface area contributed by atoms with Crippen LogP contribution in [0.15, 0.2) is 176 Å². The highest BCUT2D eigenvalue weighted by Crippen LogP contribution is 2.63. The van der Waals surface area contributed by atoms with E-state index in [0.29, 0.717) is 0 Å². The maximum atomic E-state index is 2.88. The summed E-state index contributed by atoms with van der Waals surface area (Å²) in [5, 5.41) is 0. The molecule has 0 N–H and O–H groups in total. The molecule has 450 valence electrons. The first kappa shape index (κ1) is 57.9. The third kappa shape index (κ3) is 8.35. The van der Waals surface area contributed by atoms with Crippen LogP contribution in [-0.2, 0) is 37.9 Å². The molecule has 0 bridgehead atoms. The highest BCUT2D eigenvalue weighted by atomic mass is 15.3. The molecule has 3 nitrogen and oxygen atoms in total. The molecule has 9 aromatic carbocycles. The van der Waals surface area contributed by atoms with E-state index < -0.39 is 0 Å². The summed E-state index contributed by atoms with van der Waals surface area (Å²) in [6, 6.07) is 70.4. The Morgan fingerprint density at radius 2 is 0.876 bits per heavy atom. The van der Waals surface area contributed by atoms with Gasteiger partial charge in [-0.3, -0.25) is 0 Å². The fourth-order valence-corrected chi connectivity index (χ4v) is 18.0. The van der Waals surface area contributed by atoms with Gasteiger partial charge in [0.2, 0.25) is 0 Å². The van der Waals surface area contributed by atoms with Crippen LogP contribution in [0.5, 0.6) is 0 Å². The zero-order valence-electron chi connectivity index (χ0n) is 56.4. The summed E-state index contributed by atoms with van der Waals surface area (Å²) in [7, 11) is 0. The fraction of sp³-hybridized carbons (Fsp3) is 0.365. The largest absolute Gasteiger partial charge is 0.334 e. The van der Waals surface area contributed by atoms with Crippen molar-refractivity contribution >= 4 is 68.6 Å². The molecule has 6 aliphatic rings. The lowest BCUT2D eigenvalue weighted by molar-refractivity contribution is 0.195. The van der Waals surface area contributed by atoms with E-state index in [2.05, 4.69) is 308 Å². The third-order valence-corrected chi connectivity index (χ3v) is 23.7. The summed E-state index contributed by atoms with van der Waals surface area (Å²) < 4.78 is 0. The normalized spacial score (nSPS) is 21.2. The van der Waals surface area contributed by atoms with Crippen LogP contribution in [0.4, 0.5) is 45.5 Å². The maximum Gasteiger partial charge on any atom is 0.252 e. The van der Waals surface area contributed by atoms with E-state index in [1.54, 1.807) is 0 Å². The Bertz CT molecular complexity index is 4410. The van der Waals surface area contributed by atoms with E-state index in [9.17, 15) is 0 Å². The predicted molar refractivity (Wildman–Crippen MR) is 382 cm³/mol. The van der Waals surface area contributed by atoms with Crippen LogP contribution in [-0.4, -0.2) is 12.3 Å². The second kappa shape index (κ2) is 19.2. The van der Waals surface area contributed by atoms with Gasteiger partial charge >= 0.3 is 0 Å². The van der Waals surface area contributed by atoms with Crippen molar-refractivity contribution in [1.82, 2.24) is 0 Å². The lowest BCUT2D eigenvalue weighted by Crippen LogP contribution is -2.62. The quantitative estimate of drug-likeness (QED) is 0.159. The molecule has 89 heavy (non-hydrogen) atoms. The molecule has 3 aliphatic heterocycles. The fourth-order valence-electron chi connectivity index (χ4n) is 18.0. The van der Waals surface area contributed by atoms with Crippen LogP contribution in [0.2, 0.25) is 0 Å². The minimum atomic E-state index is -0.285. The number of anilines is 8. The van der Waals surface area contributed by atoms with Crippen molar-refractivity contribution < 1.29 is 0 Å². The minimum Gasteiger partial charge on any atom is -0.334 e. The Kier molecular flexibility index (Phi) is 12.5. The van der Waals surface area contributed by atoms with Gasteiger partial charge in [0.1, 0.15) is 0 Å². The molecular weight excluding hydrogens is 1070 g/mol. The van der Waals surface area contributed by atoms with E-state index in [1.165, 1.54) is 159 Å². The molecule has 0 aromatic heterocycles. The average Bonchev–Trinajstić information content (AvgIpc) is 0.913. The summed E-state index contributed by atoms with van der Waals surface area (Å²) in [5.74, 6) is 0. The van der Waals surface area contributed by atoms with Gasteiger partial charge in [-0.1, -0.05) is 244 Å². The number of hydrogen-bond acceptors (Lipinski definition) is 3. The van der Waals surface area contributed by atoms with Crippen LogP contribution in [0, 0.1) is 6.92 Å². The molecule has 3 heterocycles. The molecule has 15 rings (SSSR count). The molecular formula is C85H92BN3. The van der Waals surface area contributed by atoms with Gasteiger partial charge in [-0.2, -0.15) is 0 Å². The molecule has 0 saturated heterocycles. The molecule has 1 fully saturated rings. The first-order chi connectivity index (χ1) is 42.0. The summed E-state index contributed by atoms with van der Waals surface area (Å²) in [4.78, 5) is 8.43. The smallest absolute Gasteiger partial charge is 0.252 e. The van der Waals surface area contributed by atoms with Crippen molar-refractivity contribution in [2.75, 3.05) is 14.7 Å². The summed E-state index contributed by atoms with van der Waals surface area (Å²) in [6.45, 7) is 41.7. The Labute approximate surface area is 533 Å². The van der Waals surface area contributed by atoms with Gasteiger partial charge in [-0.25, -0.2) is 0 Å². The second-order valence-corrected chi connectivity index (χ2v) is 32.8. The van der Waals surface area contributed by atoms with E-state index in [0.717, 1.165) is 19.3 Å². The standard InChI is InChI=1S/C85H92BN3/c1-53-44-63-64(81(10,11)43-42-80(63,8)9)51-73(53)88-72-37-34-56(54-28-20-18-21-29-54)45-68(72)86-69-50-65-66(83(14,15)62-33-25-24-32-61(62)82(65,12)13)52-74(69)87(70-38-35-57(78(2,3)4)46-60(70)55-30-22-19-23-31-55)75-48-59(49-76(88)77(75)86)89-71-39-36-58(79(5,6)7)47-67(71)84(16)40-26-27-41-85(84,89)17/h18-25,28-39,44-52H,26-27,40-43H2,1-17H3. The second-order valence-electron chi connectivity index (χ2n) is 32.8. The zero-order chi connectivity index (χ0) is 62.5. The molecule has 1 saturated carbocycles. The van der Waals surface area contributed by atoms with Gasteiger partial charge in [0.15, 0.2) is 0 Å². The van der Waals surface area contributed by atoms with Crippen LogP contribution < -0.4 is 31.1 Å². The maximum absolute atomic E-state index is 2.88. The number of aryl methyl sites for hydroxylation is 1. The number of hydrogen-bond donors (Lipinski definition) is 0. The number of rotatable bonds is 5. The number of nitrogens with zero attached hydrogens (tertiary/aromatic N) is 3. The van der Waals surface area contributed by atoms with Crippen molar-refractivity contribution in [2.24, 2.45) is 0 Å². The number of fused-ring (bicyclic) bond motifs is 10. The minimum absolute atomic E-state index is 0.000809. The summed E-state index contributed by atoms with van der Waals surface area (Å²) in [5.41, 5.74) is 32.5. The summed E-state index contributed by atoms with van der Waals surface area (Å²) in [6.07, 6.45) is 7.02. The zero-order valence-corrected chi connectivity index (χ0v) is 56.4. The van der Waals surface area contributed by atoms with Gasteiger partial charge in [-0.05, 0) is 198 Å². The monoisotopic (exact) mass is 1170 g/mol. The van der Waals surface area contributed by atoms with E-state index in [-0.39, 0.29) is 50.2 Å². The lowest BCUT2D eigenvalue weighted by Gasteiger charge is -2.51. The number of benzene rings is 9. The van der Waals surface area contributed by atoms with Gasteiger partial charge in [0.05, 0.1) is 11.2 Å². The first-order valence-electron chi connectivity index (χ1n) is 33.6. The van der Waals surface area contributed by atoms with E-state index in [4.69, 9.17) is 0 Å². The van der Waals surface area contributed by atoms with Crippen molar-refractivity contribution in [3.8, 4) is 22.3 Å². The van der Waals surface area contributed by atoms with Gasteiger partial charge in [0.25, 0.3) is 6.71 Å². The van der Waals surface area contributed by atoms with Crippen molar-refractivity contribution in [3.63, 3.8) is 0 Å². The van der Waals surface area contributed by atoms with Crippen LogP contribution in [0.3, 0.4) is 0 Å².